The van der Waals surface area contributed by atoms with Crippen molar-refractivity contribution in [1.82, 2.24) is 20.9 Å². The molecular weight excluding hydrogens is 490 g/mol. The molecule has 1 saturated heterocycles. The van der Waals surface area contributed by atoms with E-state index in [9.17, 15) is 4.79 Å². The van der Waals surface area contributed by atoms with Crippen molar-refractivity contribution in [2.75, 3.05) is 13.1 Å². The number of urea groups is 1. The number of aromatic nitrogens is 1. The summed E-state index contributed by atoms with van der Waals surface area (Å²) in [6.45, 7) is 2.40. The Morgan fingerprint density at radius 1 is 1.48 bits per heavy atom. The third-order valence-electron chi connectivity index (χ3n) is 3.59. The van der Waals surface area contributed by atoms with E-state index in [1.54, 1.807) is 0 Å². The smallest absolute Gasteiger partial charge is 0.315 e. The van der Waals surface area contributed by atoms with E-state index in [2.05, 4.69) is 27.0 Å². The standard InChI is InChI=1S/C15H19N4O.U/c20-15(19-12-5-3-7-16-9-12)17-10-13-8-11-4-1-2-6-14(11)18-13;/h2,4,6,8,12,16,18H,3,5,7,9-10H2,(H2,17,19,20);/q-1;/t12-;/m1./s1. The van der Waals surface area contributed by atoms with E-state index in [1.165, 1.54) is 0 Å². The van der Waals surface area contributed by atoms with Crippen LogP contribution >= 0.6 is 0 Å². The van der Waals surface area contributed by atoms with Crippen LogP contribution in [0.1, 0.15) is 18.5 Å². The number of amides is 2. The average molecular weight is 509 g/mol. The zero-order valence-electron chi connectivity index (χ0n) is 11.8. The first-order chi connectivity index (χ1) is 9.81. The van der Waals surface area contributed by atoms with Gasteiger partial charge in [0.05, 0.1) is 6.54 Å². The molecule has 2 heterocycles. The van der Waals surface area contributed by atoms with Gasteiger partial charge in [0.25, 0.3) is 0 Å². The van der Waals surface area contributed by atoms with E-state index < -0.39 is 0 Å². The van der Waals surface area contributed by atoms with Crippen molar-refractivity contribution >= 4 is 16.9 Å². The molecule has 0 unspecified atom stereocenters. The maximum Gasteiger partial charge on any atom is 0.315 e. The van der Waals surface area contributed by atoms with Crippen LogP contribution in [-0.2, 0) is 6.54 Å². The van der Waals surface area contributed by atoms with Gasteiger partial charge in [-0.25, -0.2) is 4.79 Å². The molecule has 0 spiro atoms. The molecule has 21 heavy (non-hydrogen) atoms. The van der Waals surface area contributed by atoms with Crippen LogP contribution in [0.4, 0.5) is 4.79 Å². The number of nitrogens with one attached hydrogen (secondary N) is 4. The summed E-state index contributed by atoms with van der Waals surface area (Å²) in [4.78, 5) is 15.1. The van der Waals surface area contributed by atoms with Gasteiger partial charge in [0.2, 0.25) is 0 Å². The Hall–Kier alpha value is -0.958. The monoisotopic (exact) mass is 509 g/mol. The third kappa shape index (κ3) is 4.50. The number of rotatable bonds is 3. The van der Waals surface area contributed by atoms with Crippen molar-refractivity contribution in [3.63, 3.8) is 0 Å². The Morgan fingerprint density at radius 2 is 2.38 bits per heavy atom. The SMILES string of the molecule is O=C(NCc1cc2c[c-]ccc2[nH]1)N[C@@H]1CCCNC1.[U]. The molecule has 110 valence electrons. The van der Waals surface area contributed by atoms with Gasteiger partial charge in [-0.15, -0.1) is 11.5 Å². The van der Waals surface area contributed by atoms with Crippen molar-refractivity contribution in [3.8, 4) is 0 Å². The zero-order chi connectivity index (χ0) is 13.8. The second-order valence-corrected chi connectivity index (χ2v) is 5.18. The number of piperidine rings is 1. The maximum atomic E-state index is 11.8. The van der Waals surface area contributed by atoms with Crippen LogP contribution in [-0.4, -0.2) is 30.1 Å². The van der Waals surface area contributed by atoms with Gasteiger partial charge in [-0.2, -0.15) is 18.2 Å². The predicted molar refractivity (Wildman–Crippen MR) is 78.4 cm³/mol. The number of aromatic amines is 1. The van der Waals surface area contributed by atoms with E-state index >= 15 is 0 Å². The normalized spacial score (nSPS) is 18.0. The fourth-order valence-corrected chi connectivity index (χ4v) is 2.56. The van der Waals surface area contributed by atoms with Gasteiger partial charge in [-0.3, -0.25) is 0 Å². The molecule has 0 saturated carbocycles. The molecular formula is C15H19N4OU-. The number of hydrogen-bond acceptors (Lipinski definition) is 2. The third-order valence-corrected chi connectivity index (χ3v) is 3.59. The molecule has 1 aliphatic heterocycles. The second kappa shape index (κ2) is 7.88. The summed E-state index contributed by atoms with van der Waals surface area (Å²) in [7, 11) is 0. The zero-order valence-corrected chi connectivity index (χ0v) is 16.0. The van der Waals surface area contributed by atoms with E-state index in [1.807, 2.05) is 24.3 Å². The van der Waals surface area contributed by atoms with Crippen LogP contribution in [0.5, 0.6) is 0 Å². The Labute approximate surface area is 148 Å². The van der Waals surface area contributed by atoms with Crippen molar-refractivity contribution in [2.45, 2.75) is 25.4 Å². The first-order valence-electron chi connectivity index (χ1n) is 7.04. The van der Waals surface area contributed by atoms with Crippen LogP contribution in [0.3, 0.4) is 0 Å². The van der Waals surface area contributed by atoms with Crippen molar-refractivity contribution in [3.05, 3.63) is 36.0 Å². The number of H-pyrrole nitrogens is 1. The first-order valence-corrected chi connectivity index (χ1v) is 7.04. The van der Waals surface area contributed by atoms with Gasteiger partial charge in [0, 0.05) is 49.4 Å². The van der Waals surface area contributed by atoms with E-state index in [0.29, 0.717) is 6.54 Å². The minimum absolute atomic E-state index is 0. The Kier molecular flexibility index (Phi) is 6.16. The quantitative estimate of drug-likeness (QED) is 0.475. The molecule has 1 aromatic heterocycles. The summed E-state index contributed by atoms with van der Waals surface area (Å²) < 4.78 is 0. The molecule has 5 nitrogen and oxygen atoms in total. The van der Waals surface area contributed by atoms with Crippen LogP contribution < -0.4 is 16.0 Å². The Bertz CT molecular complexity index is 559. The maximum absolute atomic E-state index is 11.8. The molecule has 0 bridgehead atoms. The molecule has 3 rings (SSSR count). The van der Waals surface area contributed by atoms with Crippen LogP contribution in [0.15, 0.2) is 24.3 Å². The minimum atomic E-state index is -0.107. The average Bonchev–Trinajstić information content (AvgIpc) is 2.89. The molecule has 1 fully saturated rings. The number of benzene rings is 1. The van der Waals surface area contributed by atoms with Crippen LogP contribution in [0.2, 0.25) is 0 Å². The predicted octanol–water partition coefficient (Wildman–Crippen LogP) is 1.52. The fourth-order valence-electron chi connectivity index (χ4n) is 2.56. The van der Waals surface area contributed by atoms with Gasteiger partial charge in [0.15, 0.2) is 0 Å². The van der Waals surface area contributed by atoms with Crippen molar-refractivity contribution in [2.24, 2.45) is 0 Å². The summed E-state index contributed by atoms with van der Waals surface area (Å²) in [5, 5.41) is 10.3. The van der Waals surface area contributed by atoms with Crippen LogP contribution in [0, 0.1) is 37.2 Å². The van der Waals surface area contributed by atoms with Gasteiger partial charge in [-0.05, 0) is 19.4 Å². The first kappa shape index (κ1) is 16.4. The molecule has 2 aromatic rings. The molecule has 4 N–H and O–H groups in total. The van der Waals surface area contributed by atoms with E-state index in [-0.39, 0.29) is 43.2 Å². The second-order valence-electron chi connectivity index (χ2n) is 5.18. The number of hydrogen-bond donors (Lipinski definition) is 4. The van der Waals surface area contributed by atoms with E-state index in [0.717, 1.165) is 42.5 Å². The molecule has 2 amide bonds. The Balaban J connectivity index is 0.00000161. The van der Waals surface area contributed by atoms with Crippen molar-refractivity contribution < 1.29 is 35.9 Å². The minimum Gasteiger partial charge on any atom is -0.380 e. The number of carbonyl (C=O) groups excluding carboxylic acids is 1. The molecule has 0 aliphatic carbocycles. The topological polar surface area (TPSA) is 69.0 Å². The summed E-state index contributed by atoms with van der Waals surface area (Å²) in [5.74, 6) is 0. The fraction of sp³-hybridized carbons (Fsp3) is 0.400. The summed E-state index contributed by atoms with van der Waals surface area (Å²) >= 11 is 0. The Morgan fingerprint density at radius 3 is 3.14 bits per heavy atom. The largest absolute Gasteiger partial charge is 0.380 e. The number of carbonyl (C=O) groups is 1. The van der Waals surface area contributed by atoms with E-state index in [4.69, 9.17) is 0 Å². The molecule has 0 radical (unpaired) electrons. The van der Waals surface area contributed by atoms with Gasteiger partial charge in [0.1, 0.15) is 0 Å². The molecule has 1 atom stereocenters. The van der Waals surface area contributed by atoms with Gasteiger partial charge in [-0.1, -0.05) is 11.6 Å². The van der Waals surface area contributed by atoms with Gasteiger partial charge >= 0.3 is 6.03 Å². The number of fused-ring (bicyclic) bond motifs is 1. The van der Waals surface area contributed by atoms with Crippen molar-refractivity contribution in [1.29, 1.82) is 0 Å². The molecule has 1 aliphatic rings. The molecule has 1 aromatic carbocycles. The molecule has 6 heteroatoms. The van der Waals surface area contributed by atoms with Crippen LogP contribution in [0.25, 0.3) is 10.9 Å². The summed E-state index contributed by atoms with van der Waals surface area (Å²) in [6, 6.07) is 11.0. The summed E-state index contributed by atoms with van der Waals surface area (Å²) in [6.07, 6.45) is 2.16. The van der Waals surface area contributed by atoms with Gasteiger partial charge < -0.3 is 20.9 Å². The summed E-state index contributed by atoms with van der Waals surface area (Å²) in [5.41, 5.74) is 2.06.